The summed E-state index contributed by atoms with van der Waals surface area (Å²) < 4.78 is 44.1. The van der Waals surface area contributed by atoms with E-state index >= 15 is 0 Å². The first kappa shape index (κ1) is 27.2. The summed E-state index contributed by atoms with van der Waals surface area (Å²) in [6.07, 6.45) is 2.52. The van der Waals surface area contributed by atoms with Gasteiger partial charge in [0.25, 0.3) is 10.0 Å². The van der Waals surface area contributed by atoms with Crippen LogP contribution in [0.15, 0.2) is 70.4 Å². The van der Waals surface area contributed by atoms with Crippen LogP contribution >= 0.6 is 10.5 Å². The Hall–Kier alpha value is -3.83. The Morgan fingerprint density at radius 2 is 1.66 bits per heavy atom. The molecule has 1 heterocycles. The molecular formula is C27H29N3O6S2. The Labute approximate surface area is 223 Å². The van der Waals surface area contributed by atoms with Crippen molar-refractivity contribution in [1.29, 1.82) is 0 Å². The highest BCUT2D eigenvalue weighted by molar-refractivity contribution is 8.26. The number of ether oxygens (including phenoxy) is 2. The largest absolute Gasteiger partial charge is 0.493 e. The third-order valence-corrected chi connectivity index (χ3v) is 8.05. The van der Waals surface area contributed by atoms with Crippen molar-refractivity contribution in [2.24, 2.45) is 14.1 Å². The molecule has 0 fully saturated rings. The summed E-state index contributed by atoms with van der Waals surface area (Å²) in [5.41, 5.74) is 1.19. The zero-order valence-corrected chi connectivity index (χ0v) is 23.2. The molecule has 0 aliphatic heterocycles. The zero-order valence-electron chi connectivity index (χ0n) is 21.6. The second-order valence-corrected chi connectivity index (χ2v) is 12.0. The van der Waals surface area contributed by atoms with Crippen LogP contribution in [-0.4, -0.2) is 41.4 Å². The third kappa shape index (κ3) is 5.53. The molecule has 0 spiro atoms. The number of nitrogens with zero attached hydrogens (tertiary/aromatic N) is 2. The molecule has 200 valence electrons. The minimum atomic E-state index is -4.13. The van der Waals surface area contributed by atoms with Gasteiger partial charge in [0.05, 0.1) is 28.2 Å². The van der Waals surface area contributed by atoms with Gasteiger partial charge in [-0.3, -0.25) is 18.7 Å². The molecule has 1 aromatic heterocycles. The van der Waals surface area contributed by atoms with Gasteiger partial charge in [0.2, 0.25) is 5.12 Å². The number of aryl methyl sites for hydroxylation is 2. The molecule has 4 aromatic rings. The first-order valence-electron chi connectivity index (χ1n) is 11.7. The number of aromatic nitrogens is 2. The lowest BCUT2D eigenvalue weighted by Crippen LogP contribution is -2.19. The Kier molecular flexibility index (Phi) is 7.79. The molecule has 9 nitrogen and oxygen atoms in total. The first-order valence-corrected chi connectivity index (χ1v) is 15.0. The van der Waals surface area contributed by atoms with E-state index in [4.69, 9.17) is 9.47 Å². The average Bonchev–Trinajstić information content (AvgIpc) is 3.10. The van der Waals surface area contributed by atoms with E-state index in [1.54, 1.807) is 62.8 Å². The molecule has 0 aliphatic rings. The number of carbonyl (C=O) groups excluding carboxylic acids is 1. The molecule has 0 saturated carbocycles. The quantitative estimate of drug-likeness (QED) is 0.299. The molecule has 11 heteroatoms. The third-order valence-electron chi connectivity index (χ3n) is 5.82. The van der Waals surface area contributed by atoms with Gasteiger partial charge in [-0.15, -0.1) is 10.5 Å². The molecule has 0 aliphatic carbocycles. The molecule has 0 radical (unpaired) electrons. The van der Waals surface area contributed by atoms with Crippen LogP contribution in [0.2, 0.25) is 0 Å². The predicted octanol–water partition coefficient (Wildman–Crippen LogP) is 4.73. The number of sulfonamides is 1. The van der Waals surface area contributed by atoms with Crippen LogP contribution in [0.25, 0.3) is 11.0 Å². The normalized spacial score (nSPS) is 12.3. The van der Waals surface area contributed by atoms with Gasteiger partial charge in [0.15, 0.2) is 5.75 Å². The molecule has 0 amide bonds. The van der Waals surface area contributed by atoms with Crippen molar-refractivity contribution in [2.75, 3.05) is 17.6 Å². The molecular weight excluding hydrogens is 526 g/mol. The summed E-state index contributed by atoms with van der Waals surface area (Å²) in [6, 6.07) is 16.0. The number of imidazole rings is 1. The van der Waals surface area contributed by atoms with Gasteiger partial charge >= 0.3 is 5.69 Å². The van der Waals surface area contributed by atoms with E-state index in [9.17, 15) is 18.0 Å². The monoisotopic (exact) mass is 555 g/mol. The molecule has 38 heavy (non-hydrogen) atoms. The van der Waals surface area contributed by atoms with Crippen molar-refractivity contribution in [1.82, 2.24) is 9.13 Å². The number of carbonyl (C=O) groups is 1. The minimum Gasteiger partial charge on any atom is -0.493 e. The average molecular weight is 556 g/mol. The van der Waals surface area contributed by atoms with Crippen molar-refractivity contribution in [3.05, 3.63) is 76.7 Å². The van der Waals surface area contributed by atoms with E-state index < -0.39 is 20.5 Å². The van der Waals surface area contributed by atoms with Crippen molar-refractivity contribution >= 4 is 48.2 Å². The summed E-state index contributed by atoms with van der Waals surface area (Å²) >= 11 is 0. The van der Waals surface area contributed by atoms with Gasteiger partial charge in [-0.2, -0.15) is 0 Å². The van der Waals surface area contributed by atoms with E-state index in [1.807, 2.05) is 6.92 Å². The summed E-state index contributed by atoms with van der Waals surface area (Å²) in [5, 5.41) is -0.239. The lowest BCUT2D eigenvalue weighted by molar-refractivity contribution is 0.108. The van der Waals surface area contributed by atoms with Crippen LogP contribution in [0.1, 0.15) is 23.7 Å². The summed E-state index contributed by atoms with van der Waals surface area (Å²) in [5.74, 6) is 4.98. The van der Waals surface area contributed by atoms with Gasteiger partial charge in [-0.1, -0.05) is 31.0 Å². The number of rotatable bonds is 9. The Morgan fingerprint density at radius 3 is 2.34 bits per heavy atom. The zero-order chi connectivity index (χ0) is 27.6. The van der Waals surface area contributed by atoms with Crippen molar-refractivity contribution in [3.8, 4) is 17.2 Å². The van der Waals surface area contributed by atoms with Crippen LogP contribution < -0.4 is 19.9 Å². The SMILES string of the molecule is C=S(C)C(=O)c1cccc(S(=O)(=O)Nc2cc3c(cc2Oc2cccc(OCCC)c2)n(C)c(=O)n3C)c1. The summed E-state index contributed by atoms with van der Waals surface area (Å²) in [4.78, 5) is 24.9. The lowest BCUT2D eigenvalue weighted by Gasteiger charge is -2.15. The number of benzene rings is 3. The molecule has 1 atom stereocenters. The fourth-order valence-electron chi connectivity index (χ4n) is 3.86. The first-order chi connectivity index (χ1) is 18.0. The van der Waals surface area contributed by atoms with Crippen LogP contribution in [-0.2, 0) is 24.1 Å². The standard InChI is InChI=1S/C27H29N3O6S2/c1-6-13-35-19-10-8-11-20(15-19)36-25-17-24-23(29(2)27(32)30(24)3)16-22(25)28-38(33,34)21-12-7-9-18(14-21)26(31)37(4)5/h7-12,14-17,28H,4,6,13H2,1-3,5H3. The van der Waals surface area contributed by atoms with E-state index in [0.717, 1.165) is 6.42 Å². The number of hydrogen-bond donors (Lipinski definition) is 1. The maximum atomic E-state index is 13.4. The molecule has 3 aromatic carbocycles. The minimum absolute atomic E-state index is 0.0863. The second-order valence-electron chi connectivity index (χ2n) is 8.72. The Morgan fingerprint density at radius 1 is 1.00 bits per heavy atom. The second kappa shape index (κ2) is 10.9. The van der Waals surface area contributed by atoms with Gasteiger partial charge in [-0.25, -0.2) is 13.2 Å². The highest BCUT2D eigenvalue weighted by Gasteiger charge is 2.21. The van der Waals surface area contributed by atoms with Crippen LogP contribution in [0, 0.1) is 0 Å². The maximum Gasteiger partial charge on any atom is 0.328 e. The van der Waals surface area contributed by atoms with E-state index in [0.29, 0.717) is 29.1 Å². The number of anilines is 1. The fraction of sp³-hybridized carbons (Fsp3) is 0.222. The van der Waals surface area contributed by atoms with Crippen LogP contribution in [0.4, 0.5) is 5.69 Å². The summed E-state index contributed by atoms with van der Waals surface area (Å²) in [7, 11) is -1.70. The lowest BCUT2D eigenvalue weighted by atomic mass is 10.2. The van der Waals surface area contributed by atoms with E-state index in [1.165, 1.54) is 27.3 Å². The Bertz CT molecular complexity index is 1720. The van der Waals surface area contributed by atoms with E-state index in [-0.39, 0.29) is 32.7 Å². The molecule has 0 saturated heterocycles. The predicted molar refractivity (Wildman–Crippen MR) is 153 cm³/mol. The smallest absolute Gasteiger partial charge is 0.328 e. The maximum absolute atomic E-state index is 13.4. The topological polar surface area (TPSA) is 109 Å². The highest BCUT2D eigenvalue weighted by atomic mass is 32.2. The molecule has 1 unspecified atom stereocenters. The number of hydrogen-bond acceptors (Lipinski definition) is 6. The molecule has 1 N–H and O–H groups in total. The van der Waals surface area contributed by atoms with Crippen LogP contribution in [0.3, 0.4) is 0 Å². The highest BCUT2D eigenvalue weighted by Crippen LogP contribution is 2.36. The fourth-order valence-corrected chi connectivity index (χ4v) is 5.50. The molecule has 0 bridgehead atoms. The van der Waals surface area contributed by atoms with E-state index in [2.05, 4.69) is 10.6 Å². The van der Waals surface area contributed by atoms with Gasteiger partial charge in [-0.05, 0) is 43.0 Å². The van der Waals surface area contributed by atoms with Crippen molar-refractivity contribution in [3.63, 3.8) is 0 Å². The van der Waals surface area contributed by atoms with Gasteiger partial charge in [0.1, 0.15) is 11.5 Å². The van der Waals surface area contributed by atoms with Crippen molar-refractivity contribution in [2.45, 2.75) is 18.2 Å². The number of nitrogens with one attached hydrogen (secondary N) is 1. The molecule has 4 rings (SSSR count). The number of fused-ring (bicyclic) bond motifs is 1. The van der Waals surface area contributed by atoms with Crippen LogP contribution in [0.5, 0.6) is 17.2 Å². The van der Waals surface area contributed by atoms with Gasteiger partial charge in [0, 0.05) is 31.8 Å². The van der Waals surface area contributed by atoms with Gasteiger partial charge < -0.3 is 9.47 Å². The Balaban J connectivity index is 1.79. The van der Waals surface area contributed by atoms with Crippen molar-refractivity contribution < 1.29 is 22.7 Å². The summed E-state index contributed by atoms with van der Waals surface area (Å²) in [6.45, 7) is 2.55.